The number of rotatable bonds is 15. The highest BCUT2D eigenvalue weighted by Gasteiger charge is 2.04. The van der Waals surface area contributed by atoms with Gasteiger partial charge in [-0.3, -0.25) is 9.80 Å². The van der Waals surface area contributed by atoms with E-state index in [9.17, 15) is 0 Å². The Hall–Kier alpha value is -0.240. The molecule has 0 fully saturated rings. The Bertz CT molecular complexity index is 164. The molecule has 0 spiro atoms. The maximum absolute atomic E-state index is 8.90. The summed E-state index contributed by atoms with van der Waals surface area (Å²) in [6, 6.07) is 0. The Morgan fingerprint density at radius 2 is 0.700 bits per heavy atom. The van der Waals surface area contributed by atoms with Gasteiger partial charge in [-0.1, -0.05) is 12.8 Å². The molecule has 20 heavy (non-hydrogen) atoms. The van der Waals surface area contributed by atoms with E-state index in [0.29, 0.717) is 26.2 Å². The first-order valence-corrected chi connectivity index (χ1v) is 7.66. The second-order valence-corrected chi connectivity index (χ2v) is 4.99. The molecule has 0 aliphatic carbocycles. The van der Waals surface area contributed by atoms with Crippen LogP contribution in [0.1, 0.15) is 25.7 Å². The van der Waals surface area contributed by atoms with Gasteiger partial charge in [-0.25, -0.2) is 0 Å². The van der Waals surface area contributed by atoms with Crippen molar-refractivity contribution in [2.24, 2.45) is 0 Å². The fourth-order valence-electron chi connectivity index (χ4n) is 2.26. The fourth-order valence-corrected chi connectivity index (χ4v) is 2.26. The first kappa shape index (κ1) is 19.8. The fraction of sp³-hybridized carbons (Fsp3) is 1.00. The Morgan fingerprint density at radius 3 is 0.950 bits per heavy atom. The second kappa shape index (κ2) is 15.2. The van der Waals surface area contributed by atoms with E-state index >= 15 is 0 Å². The van der Waals surface area contributed by atoms with Gasteiger partial charge in [0.15, 0.2) is 0 Å². The van der Waals surface area contributed by atoms with E-state index in [1.807, 2.05) is 0 Å². The number of hydrogen-bond donors (Lipinski definition) is 4. The van der Waals surface area contributed by atoms with Gasteiger partial charge in [-0.2, -0.15) is 0 Å². The van der Waals surface area contributed by atoms with Crippen LogP contribution in [-0.2, 0) is 0 Å². The first-order chi connectivity index (χ1) is 9.78. The van der Waals surface area contributed by atoms with E-state index in [0.717, 1.165) is 38.8 Å². The molecule has 0 saturated heterocycles. The second-order valence-electron chi connectivity index (χ2n) is 4.99. The summed E-state index contributed by atoms with van der Waals surface area (Å²) in [5, 5.41) is 35.6. The number of aliphatic hydroxyl groups is 4. The maximum Gasteiger partial charge on any atom is 0.0558 e. The molecular weight excluding hydrogens is 260 g/mol. The summed E-state index contributed by atoms with van der Waals surface area (Å²) in [5.41, 5.74) is 0. The van der Waals surface area contributed by atoms with E-state index in [1.54, 1.807) is 0 Å². The average Bonchev–Trinajstić information content (AvgIpc) is 2.43. The maximum atomic E-state index is 8.90. The molecule has 4 N–H and O–H groups in total. The minimum absolute atomic E-state index is 0.136. The molecule has 0 aromatic rings. The molecule has 0 unspecified atom stereocenters. The largest absolute Gasteiger partial charge is 0.395 e. The van der Waals surface area contributed by atoms with E-state index in [-0.39, 0.29) is 26.4 Å². The highest BCUT2D eigenvalue weighted by molar-refractivity contribution is 4.59. The SMILES string of the molecule is OCCN(CCO)CCCCCCN(CCO)CCO. The van der Waals surface area contributed by atoms with Crippen molar-refractivity contribution in [3.63, 3.8) is 0 Å². The lowest BCUT2D eigenvalue weighted by molar-refractivity contribution is 0.155. The van der Waals surface area contributed by atoms with Gasteiger partial charge in [0.05, 0.1) is 26.4 Å². The smallest absolute Gasteiger partial charge is 0.0558 e. The summed E-state index contributed by atoms with van der Waals surface area (Å²) in [6.45, 7) is 4.88. The Labute approximate surface area is 122 Å². The molecule has 6 heteroatoms. The standard InChI is InChI=1S/C14H32N2O4/c17-11-7-15(8-12-18)5-3-1-2-4-6-16(9-13-19)10-14-20/h17-20H,1-14H2. The number of unbranched alkanes of at least 4 members (excludes halogenated alkanes) is 3. The minimum atomic E-state index is 0.136. The monoisotopic (exact) mass is 292 g/mol. The van der Waals surface area contributed by atoms with E-state index < -0.39 is 0 Å². The third kappa shape index (κ3) is 11.6. The van der Waals surface area contributed by atoms with E-state index in [4.69, 9.17) is 20.4 Å². The molecule has 0 amide bonds. The molecule has 0 aromatic heterocycles. The van der Waals surface area contributed by atoms with Crippen molar-refractivity contribution in [3.8, 4) is 0 Å². The van der Waals surface area contributed by atoms with Crippen molar-refractivity contribution in [1.29, 1.82) is 0 Å². The van der Waals surface area contributed by atoms with Crippen molar-refractivity contribution in [1.82, 2.24) is 9.80 Å². The molecule has 0 aliphatic rings. The number of hydrogen-bond acceptors (Lipinski definition) is 6. The molecular formula is C14H32N2O4. The summed E-state index contributed by atoms with van der Waals surface area (Å²) in [6.07, 6.45) is 4.39. The van der Waals surface area contributed by atoms with Crippen LogP contribution in [-0.4, -0.2) is 95.9 Å². The number of aliphatic hydroxyl groups excluding tert-OH is 4. The van der Waals surface area contributed by atoms with Crippen LogP contribution in [0.2, 0.25) is 0 Å². The molecule has 0 heterocycles. The van der Waals surface area contributed by atoms with E-state index in [1.165, 1.54) is 0 Å². The van der Waals surface area contributed by atoms with Crippen LogP contribution in [0.3, 0.4) is 0 Å². The third-order valence-corrected chi connectivity index (χ3v) is 3.36. The van der Waals surface area contributed by atoms with Crippen molar-refractivity contribution in [2.75, 3.05) is 65.7 Å². The van der Waals surface area contributed by atoms with Crippen LogP contribution in [0.15, 0.2) is 0 Å². The number of nitrogens with zero attached hydrogens (tertiary/aromatic N) is 2. The lowest BCUT2D eigenvalue weighted by atomic mass is 10.1. The Morgan fingerprint density at radius 1 is 0.400 bits per heavy atom. The van der Waals surface area contributed by atoms with Gasteiger partial charge < -0.3 is 20.4 Å². The predicted molar refractivity (Wildman–Crippen MR) is 79.7 cm³/mol. The zero-order valence-corrected chi connectivity index (χ0v) is 12.6. The summed E-state index contributed by atoms with van der Waals surface area (Å²) in [7, 11) is 0. The van der Waals surface area contributed by atoms with Gasteiger partial charge in [0.1, 0.15) is 0 Å². The predicted octanol–water partition coefficient (Wildman–Crippen LogP) is -0.880. The molecule has 0 aliphatic heterocycles. The van der Waals surface area contributed by atoms with Gasteiger partial charge in [-0.15, -0.1) is 0 Å². The molecule has 0 bridgehead atoms. The molecule has 0 aromatic carbocycles. The van der Waals surface area contributed by atoms with Crippen LogP contribution in [0.4, 0.5) is 0 Å². The van der Waals surface area contributed by atoms with Crippen molar-refractivity contribution < 1.29 is 20.4 Å². The van der Waals surface area contributed by atoms with Crippen molar-refractivity contribution in [2.45, 2.75) is 25.7 Å². The zero-order valence-electron chi connectivity index (χ0n) is 12.6. The summed E-state index contributed by atoms with van der Waals surface area (Å²) in [5.74, 6) is 0. The third-order valence-electron chi connectivity index (χ3n) is 3.36. The van der Waals surface area contributed by atoms with Crippen LogP contribution >= 0.6 is 0 Å². The first-order valence-electron chi connectivity index (χ1n) is 7.66. The molecule has 0 radical (unpaired) electrons. The molecule has 0 atom stereocenters. The van der Waals surface area contributed by atoms with Crippen LogP contribution in [0, 0.1) is 0 Å². The summed E-state index contributed by atoms with van der Waals surface area (Å²) >= 11 is 0. The highest BCUT2D eigenvalue weighted by atomic mass is 16.3. The molecule has 0 rings (SSSR count). The highest BCUT2D eigenvalue weighted by Crippen LogP contribution is 2.03. The van der Waals surface area contributed by atoms with Gasteiger partial charge in [0.25, 0.3) is 0 Å². The van der Waals surface area contributed by atoms with Gasteiger partial charge >= 0.3 is 0 Å². The zero-order chi connectivity index (χ0) is 15.1. The van der Waals surface area contributed by atoms with Gasteiger partial charge in [0, 0.05) is 26.2 Å². The van der Waals surface area contributed by atoms with Gasteiger partial charge in [-0.05, 0) is 25.9 Å². The van der Waals surface area contributed by atoms with Gasteiger partial charge in [0.2, 0.25) is 0 Å². The Kier molecular flexibility index (Phi) is 15.0. The Balaban J connectivity index is 3.53. The average molecular weight is 292 g/mol. The lowest BCUT2D eigenvalue weighted by Gasteiger charge is -2.21. The normalized spacial score (nSPS) is 11.7. The van der Waals surface area contributed by atoms with Crippen molar-refractivity contribution in [3.05, 3.63) is 0 Å². The lowest BCUT2D eigenvalue weighted by Crippen LogP contribution is -2.31. The quantitative estimate of drug-likeness (QED) is 0.293. The van der Waals surface area contributed by atoms with E-state index in [2.05, 4.69) is 9.80 Å². The summed E-state index contributed by atoms with van der Waals surface area (Å²) in [4.78, 5) is 4.15. The molecule has 0 saturated carbocycles. The molecule has 6 nitrogen and oxygen atoms in total. The topological polar surface area (TPSA) is 87.4 Å². The molecule has 122 valence electrons. The summed E-state index contributed by atoms with van der Waals surface area (Å²) < 4.78 is 0. The van der Waals surface area contributed by atoms with Crippen LogP contribution in [0.25, 0.3) is 0 Å². The minimum Gasteiger partial charge on any atom is -0.395 e. The van der Waals surface area contributed by atoms with Crippen molar-refractivity contribution >= 4 is 0 Å². The van der Waals surface area contributed by atoms with Crippen LogP contribution in [0.5, 0.6) is 0 Å². The van der Waals surface area contributed by atoms with Crippen LogP contribution < -0.4 is 0 Å².